The van der Waals surface area contributed by atoms with Gasteiger partial charge in [0, 0.05) is 16.9 Å². The number of fused-ring (bicyclic) bond motifs is 1. The lowest BCUT2D eigenvalue weighted by atomic mass is 9.94. The summed E-state index contributed by atoms with van der Waals surface area (Å²) in [5.74, 6) is 1.97. The van der Waals surface area contributed by atoms with Gasteiger partial charge in [-0.25, -0.2) is 9.37 Å². The lowest BCUT2D eigenvalue weighted by Crippen LogP contribution is -2.27. The number of H-pyrrole nitrogens is 1. The summed E-state index contributed by atoms with van der Waals surface area (Å²) >= 11 is 0. The number of piperidine rings is 1. The van der Waals surface area contributed by atoms with Gasteiger partial charge in [-0.05, 0) is 43.6 Å². The van der Waals surface area contributed by atoms with Gasteiger partial charge in [-0.1, -0.05) is 36.4 Å². The van der Waals surface area contributed by atoms with Crippen LogP contribution >= 0.6 is 0 Å². The van der Waals surface area contributed by atoms with E-state index in [9.17, 15) is 4.39 Å². The molecule has 0 saturated carbocycles. The van der Waals surface area contributed by atoms with Crippen molar-refractivity contribution in [3.05, 3.63) is 59.8 Å². The zero-order valence-electron chi connectivity index (χ0n) is 16.4. The Morgan fingerprint density at radius 2 is 1.77 bits per heavy atom. The molecular weight excluding hydrogens is 381 g/mol. The molecule has 0 bridgehead atoms. The Bertz CT molecular complexity index is 1170. The highest BCUT2D eigenvalue weighted by molar-refractivity contribution is 5.91. The first kappa shape index (κ1) is 18.6. The summed E-state index contributed by atoms with van der Waals surface area (Å²) in [4.78, 5) is 4.78. The molecule has 1 aliphatic rings. The third-order valence-corrected chi connectivity index (χ3v) is 5.55. The van der Waals surface area contributed by atoms with E-state index in [1.54, 1.807) is 6.07 Å². The fourth-order valence-electron chi connectivity index (χ4n) is 3.94. The molecule has 4 aromatic rings. The number of halogens is 1. The first-order valence-corrected chi connectivity index (χ1v) is 10.1. The largest absolute Gasteiger partial charge is 0.321 e. The van der Waals surface area contributed by atoms with Crippen LogP contribution in [0.1, 0.15) is 30.0 Å². The van der Waals surface area contributed by atoms with Gasteiger partial charge in [0.25, 0.3) is 0 Å². The fraction of sp³-hybridized carbons (Fsp3) is 0.273. The minimum absolute atomic E-state index is 0.254. The maximum Gasteiger partial charge on any atom is 0.184 e. The number of alkyl halides is 1. The van der Waals surface area contributed by atoms with E-state index in [-0.39, 0.29) is 5.92 Å². The Kier molecular flexibility index (Phi) is 5.06. The van der Waals surface area contributed by atoms with Crippen LogP contribution in [0.4, 0.5) is 16.0 Å². The molecular formula is C22H22FN7. The lowest BCUT2D eigenvalue weighted by Gasteiger charge is -2.23. The van der Waals surface area contributed by atoms with Crippen LogP contribution in [0.5, 0.6) is 0 Å². The molecule has 1 fully saturated rings. The monoisotopic (exact) mass is 403 g/mol. The van der Waals surface area contributed by atoms with Crippen molar-refractivity contribution in [2.75, 3.05) is 18.4 Å². The Labute approximate surface area is 173 Å². The van der Waals surface area contributed by atoms with E-state index in [1.165, 1.54) is 0 Å². The summed E-state index contributed by atoms with van der Waals surface area (Å²) in [6, 6.07) is 15.1. The Balaban J connectivity index is 1.59. The highest BCUT2D eigenvalue weighted by Crippen LogP contribution is 2.32. The number of aromatic nitrogens is 5. The molecule has 0 unspecified atom stereocenters. The van der Waals surface area contributed by atoms with E-state index in [4.69, 9.17) is 4.98 Å². The third-order valence-electron chi connectivity index (χ3n) is 5.55. The quantitative estimate of drug-likeness (QED) is 0.465. The summed E-state index contributed by atoms with van der Waals surface area (Å²) in [5, 5.41) is 24.1. The Morgan fingerprint density at radius 3 is 2.63 bits per heavy atom. The highest BCUT2D eigenvalue weighted by atomic mass is 19.1. The van der Waals surface area contributed by atoms with Gasteiger partial charge in [0.15, 0.2) is 17.5 Å². The van der Waals surface area contributed by atoms with Crippen LogP contribution in [-0.4, -0.2) is 38.5 Å². The molecule has 152 valence electrons. The normalized spacial score (nSPS) is 14.8. The van der Waals surface area contributed by atoms with Gasteiger partial charge >= 0.3 is 0 Å². The molecule has 1 aliphatic heterocycles. The number of nitrogens with zero attached hydrogens (tertiary/aromatic N) is 4. The molecule has 5 rings (SSSR count). The Hall–Kier alpha value is -3.39. The summed E-state index contributed by atoms with van der Waals surface area (Å²) < 4.78 is 13.5. The van der Waals surface area contributed by atoms with Crippen LogP contribution in [0.15, 0.2) is 48.5 Å². The lowest BCUT2D eigenvalue weighted by molar-refractivity contribution is 0.450. The van der Waals surface area contributed by atoms with Crippen molar-refractivity contribution in [2.24, 2.45) is 0 Å². The molecule has 30 heavy (non-hydrogen) atoms. The van der Waals surface area contributed by atoms with Crippen LogP contribution in [-0.2, 0) is 6.67 Å². The van der Waals surface area contributed by atoms with Crippen LogP contribution in [0.2, 0.25) is 0 Å². The standard InChI is InChI=1S/C22H22FN7/c23-13-15-5-1-2-6-16(15)20-25-22(19(28-30-20)14-9-11-24-12-10-14)26-21-17-7-3-4-8-18(17)27-29-21/h1-8,14,24H,9-13H2,(H2,25,26,27,29,30). The minimum Gasteiger partial charge on any atom is -0.321 e. The molecule has 3 N–H and O–H groups in total. The Morgan fingerprint density at radius 1 is 0.967 bits per heavy atom. The second kappa shape index (κ2) is 8.16. The summed E-state index contributed by atoms with van der Waals surface area (Å²) in [7, 11) is 0. The second-order valence-electron chi connectivity index (χ2n) is 7.43. The van der Waals surface area contributed by atoms with Crippen LogP contribution in [0.25, 0.3) is 22.3 Å². The molecule has 2 aromatic carbocycles. The molecule has 0 atom stereocenters. The first-order valence-electron chi connectivity index (χ1n) is 10.1. The average Bonchev–Trinajstić information content (AvgIpc) is 3.22. The van der Waals surface area contributed by atoms with E-state index in [0.717, 1.165) is 42.5 Å². The molecule has 0 radical (unpaired) electrons. The van der Waals surface area contributed by atoms with Crippen molar-refractivity contribution in [1.29, 1.82) is 0 Å². The fourth-order valence-corrected chi connectivity index (χ4v) is 3.94. The van der Waals surface area contributed by atoms with E-state index < -0.39 is 6.67 Å². The van der Waals surface area contributed by atoms with E-state index in [2.05, 4.69) is 31.0 Å². The smallest absolute Gasteiger partial charge is 0.184 e. The van der Waals surface area contributed by atoms with Gasteiger partial charge < -0.3 is 10.6 Å². The number of hydrogen-bond donors (Lipinski definition) is 3. The van der Waals surface area contributed by atoms with Gasteiger partial charge in [0.1, 0.15) is 12.4 Å². The van der Waals surface area contributed by atoms with Crippen molar-refractivity contribution < 1.29 is 4.39 Å². The SMILES string of the molecule is FCc1ccccc1-c1nnc(C2CCNCC2)c(Nc2n[nH]c3ccccc23)n1. The van der Waals surface area contributed by atoms with Crippen molar-refractivity contribution in [1.82, 2.24) is 30.7 Å². The molecule has 1 saturated heterocycles. The zero-order chi connectivity index (χ0) is 20.3. The third kappa shape index (κ3) is 3.50. The first-order chi connectivity index (χ1) is 14.8. The van der Waals surface area contributed by atoms with Crippen molar-refractivity contribution in [3.8, 4) is 11.4 Å². The predicted molar refractivity (Wildman–Crippen MR) is 114 cm³/mol. The molecule has 7 nitrogen and oxygen atoms in total. The second-order valence-corrected chi connectivity index (χ2v) is 7.43. The number of hydrogen-bond acceptors (Lipinski definition) is 6. The van der Waals surface area contributed by atoms with Crippen LogP contribution < -0.4 is 10.6 Å². The van der Waals surface area contributed by atoms with Crippen molar-refractivity contribution >= 4 is 22.5 Å². The number of anilines is 2. The number of rotatable bonds is 5. The average molecular weight is 403 g/mol. The van der Waals surface area contributed by atoms with Crippen molar-refractivity contribution in [3.63, 3.8) is 0 Å². The van der Waals surface area contributed by atoms with Crippen LogP contribution in [0.3, 0.4) is 0 Å². The predicted octanol–water partition coefficient (Wildman–Crippen LogP) is 4.10. The van der Waals surface area contributed by atoms with Gasteiger partial charge in [-0.2, -0.15) is 5.10 Å². The minimum atomic E-state index is -0.581. The van der Waals surface area contributed by atoms with Crippen LogP contribution in [0, 0.1) is 0 Å². The zero-order valence-corrected chi connectivity index (χ0v) is 16.4. The topological polar surface area (TPSA) is 91.4 Å². The van der Waals surface area contributed by atoms with E-state index in [1.807, 2.05) is 42.5 Å². The number of aromatic amines is 1. The molecule has 8 heteroatoms. The molecule has 0 aliphatic carbocycles. The van der Waals surface area contributed by atoms with Gasteiger partial charge in [-0.15, -0.1) is 10.2 Å². The summed E-state index contributed by atoms with van der Waals surface area (Å²) in [6.45, 7) is 1.29. The van der Waals surface area contributed by atoms with Crippen molar-refractivity contribution in [2.45, 2.75) is 25.4 Å². The molecule has 0 amide bonds. The molecule has 3 heterocycles. The van der Waals surface area contributed by atoms with Gasteiger partial charge in [0.05, 0.1) is 5.52 Å². The highest BCUT2D eigenvalue weighted by Gasteiger charge is 2.23. The maximum atomic E-state index is 13.5. The van der Waals surface area contributed by atoms with Gasteiger partial charge in [-0.3, -0.25) is 5.10 Å². The summed E-state index contributed by atoms with van der Waals surface area (Å²) in [5.41, 5.74) is 2.96. The number of nitrogens with one attached hydrogen (secondary N) is 3. The summed E-state index contributed by atoms with van der Waals surface area (Å²) in [6.07, 6.45) is 1.93. The molecule has 2 aromatic heterocycles. The number of para-hydroxylation sites is 1. The molecule has 0 spiro atoms. The van der Waals surface area contributed by atoms with Gasteiger partial charge in [0.2, 0.25) is 0 Å². The van der Waals surface area contributed by atoms with E-state index in [0.29, 0.717) is 28.6 Å². The number of benzene rings is 2. The maximum absolute atomic E-state index is 13.5. The van der Waals surface area contributed by atoms with E-state index >= 15 is 0 Å².